The molecule has 0 spiro atoms. The number of carbonyl (C=O) groups is 1. The number of hydrogen-bond donors (Lipinski definition) is 1. The fourth-order valence-electron chi connectivity index (χ4n) is 3.32. The number of benzene rings is 2. The summed E-state index contributed by atoms with van der Waals surface area (Å²) in [6.07, 6.45) is 0.208. The Labute approximate surface area is 176 Å². The smallest absolute Gasteiger partial charge is 0.311 e. The van der Waals surface area contributed by atoms with E-state index < -0.39 is 11.1 Å². The molecule has 154 valence electrons. The Morgan fingerprint density at radius 2 is 2.10 bits per heavy atom. The van der Waals surface area contributed by atoms with E-state index in [1.54, 1.807) is 11.1 Å². The second-order valence-corrected chi connectivity index (χ2v) is 7.69. The summed E-state index contributed by atoms with van der Waals surface area (Å²) in [4.78, 5) is 28.7. The highest BCUT2D eigenvalue weighted by Crippen LogP contribution is 2.35. The first kappa shape index (κ1) is 19.9. The highest BCUT2D eigenvalue weighted by atomic mass is 32.2. The molecule has 4 rings (SSSR count). The number of hydrazone groups is 1. The van der Waals surface area contributed by atoms with Gasteiger partial charge in [0, 0.05) is 22.6 Å². The maximum Gasteiger partial charge on any atom is 0.311 e. The van der Waals surface area contributed by atoms with Crippen molar-refractivity contribution in [2.45, 2.75) is 19.5 Å². The number of nitro groups is 1. The van der Waals surface area contributed by atoms with E-state index in [0.717, 1.165) is 12.2 Å². The van der Waals surface area contributed by atoms with Crippen molar-refractivity contribution < 1.29 is 14.5 Å². The molecule has 0 saturated carbocycles. The first-order chi connectivity index (χ1) is 14.5. The molecular weight excluding hydrogens is 406 g/mol. The molecule has 9 nitrogen and oxygen atoms in total. The number of para-hydroxylation sites is 1. The molecule has 0 aliphatic carbocycles. The standard InChI is InChI=1S/C20H19N5O4S/c1-3-10-30-20-22-19(26)17-13-6-4-5-7-14(13)21-18(24(17)23-20)12-8-9-16(29-2)15(11-12)25(27)28/h4-9,11,18H,3,10H2,1-2H3,(H,22,23,26)/t18-/m1/s1. The lowest BCUT2D eigenvalue weighted by atomic mass is 10.1. The topological polar surface area (TPSA) is 109 Å². The number of carbonyl (C=O) groups excluding carboxylic acids is 1. The minimum absolute atomic E-state index is 0.156. The first-order valence-electron chi connectivity index (χ1n) is 9.35. The van der Waals surface area contributed by atoms with Gasteiger partial charge in [-0.15, -0.1) is 5.10 Å². The normalized spacial score (nSPS) is 17.3. The number of thioether (sulfide) groups is 1. The molecule has 2 aromatic rings. The number of methoxy groups -OCH3 is 1. The largest absolute Gasteiger partial charge is 0.490 e. The third kappa shape index (κ3) is 3.50. The first-order valence-corrected chi connectivity index (χ1v) is 10.3. The summed E-state index contributed by atoms with van der Waals surface area (Å²) in [6.45, 7) is 2.04. The molecule has 0 fully saturated rings. The molecule has 1 atom stereocenters. The third-order valence-electron chi connectivity index (χ3n) is 4.66. The minimum Gasteiger partial charge on any atom is -0.490 e. The van der Waals surface area contributed by atoms with E-state index in [9.17, 15) is 14.9 Å². The molecule has 1 N–H and O–H groups in total. The van der Waals surface area contributed by atoms with Gasteiger partial charge in [-0.3, -0.25) is 25.2 Å². The van der Waals surface area contributed by atoms with Gasteiger partial charge in [0.15, 0.2) is 17.1 Å². The highest BCUT2D eigenvalue weighted by molar-refractivity contribution is 8.13. The number of ether oxygens (including phenoxy) is 1. The molecule has 0 aromatic heterocycles. The molecule has 0 saturated heterocycles. The lowest BCUT2D eigenvalue weighted by molar-refractivity contribution is -0.385. The monoisotopic (exact) mass is 425 g/mol. The number of amidine groups is 1. The Bertz CT molecular complexity index is 1180. The van der Waals surface area contributed by atoms with Crippen LogP contribution < -0.4 is 20.6 Å². The van der Waals surface area contributed by atoms with Crippen LogP contribution in [0.3, 0.4) is 0 Å². The summed E-state index contributed by atoms with van der Waals surface area (Å²) in [5.41, 5.74) is 0.731. The SMILES string of the molecule is CCCSC1=NN2C(=c3ccccc3=N[C@H]2c2ccc(OC)c([N+](=O)[O-])c2)C(=O)N1. The Kier molecular flexibility index (Phi) is 5.40. The summed E-state index contributed by atoms with van der Waals surface area (Å²) >= 11 is 1.44. The summed E-state index contributed by atoms with van der Waals surface area (Å²) in [5, 5.41) is 22.3. The summed E-state index contributed by atoms with van der Waals surface area (Å²) in [5.74, 6) is 0.677. The van der Waals surface area contributed by atoms with Crippen molar-refractivity contribution >= 4 is 34.2 Å². The van der Waals surface area contributed by atoms with Crippen LogP contribution >= 0.6 is 11.8 Å². The van der Waals surface area contributed by atoms with Gasteiger partial charge in [0.1, 0.15) is 5.70 Å². The zero-order valence-electron chi connectivity index (χ0n) is 16.4. The van der Waals surface area contributed by atoms with Crippen LogP contribution in [0.2, 0.25) is 0 Å². The number of amides is 1. The number of nitro benzene ring substituents is 1. The van der Waals surface area contributed by atoms with Crippen molar-refractivity contribution in [2.24, 2.45) is 10.1 Å². The molecule has 0 radical (unpaired) electrons. The number of hydrogen-bond acceptors (Lipinski definition) is 8. The fourth-order valence-corrected chi connectivity index (χ4v) is 4.03. The molecule has 2 aliphatic heterocycles. The lowest BCUT2D eigenvalue weighted by Gasteiger charge is -2.34. The summed E-state index contributed by atoms with van der Waals surface area (Å²) in [6, 6.07) is 11.9. The van der Waals surface area contributed by atoms with E-state index in [2.05, 4.69) is 10.4 Å². The van der Waals surface area contributed by atoms with Gasteiger partial charge in [0.2, 0.25) is 0 Å². The molecule has 30 heavy (non-hydrogen) atoms. The van der Waals surface area contributed by atoms with Crippen LogP contribution in [0.4, 0.5) is 5.69 Å². The van der Waals surface area contributed by atoms with Crippen LogP contribution in [0.15, 0.2) is 52.6 Å². The molecule has 2 heterocycles. The van der Waals surface area contributed by atoms with Crippen molar-refractivity contribution in [1.82, 2.24) is 10.3 Å². The van der Waals surface area contributed by atoms with E-state index in [-0.39, 0.29) is 17.3 Å². The van der Waals surface area contributed by atoms with Gasteiger partial charge in [0.05, 0.1) is 17.4 Å². The molecule has 0 unspecified atom stereocenters. The molecule has 1 amide bonds. The van der Waals surface area contributed by atoms with Crippen LogP contribution in [0.5, 0.6) is 5.75 Å². The van der Waals surface area contributed by atoms with Gasteiger partial charge in [-0.25, -0.2) is 5.01 Å². The van der Waals surface area contributed by atoms with Crippen LogP contribution in [0, 0.1) is 10.1 Å². The lowest BCUT2D eigenvalue weighted by Crippen LogP contribution is -2.50. The Morgan fingerprint density at radius 1 is 1.30 bits per heavy atom. The van der Waals surface area contributed by atoms with Gasteiger partial charge < -0.3 is 4.74 Å². The van der Waals surface area contributed by atoms with E-state index >= 15 is 0 Å². The number of nitrogens with one attached hydrogen (secondary N) is 1. The van der Waals surface area contributed by atoms with E-state index in [4.69, 9.17) is 9.73 Å². The molecule has 0 bridgehead atoms. The van der Waals surface area contributed by atoms with Gasteiger partial charge in [-0.1, -0.05) is 43.0 Å². The van der Waals surface area contributed by atoms with Crippen molar-refractivity contribution in [2.75, 3.05) is 12.9 Å². The Morgan fingerprint density at radius 3 is 2.83 bits per heavy atom. The highest BCUT2D eigenvalue weighted by Gasteiger charge is 2.35. The van der Waals surface area contributed by atoms with E-state index in [0.29, 0.717) is 27.0 Å². The molecule has 2 aromatic carbocycles. The van der Waals surface area contributed by atoms with Crippen molar-refractivity contribution in [3.8, 4) is 5.75 Å². The fraction of sp³-hybridized carbons (Fsp3) is 0.250. The van der Waals surface area contributed by atoms with Crippen molar-refractivity contribution in [3.63, 3.8) is 0 Å². The van der Waals surface area contributed by atoms with Crippen LogP contribution in [0.25, 0.3) is 5.70 Å². The number of rotatable bonds is 5. The van der Waals surface area contributed by atoms with Gasteiger partial charge in [-0.2, -0.15) is 0 Å². The third-order valence-corrected chi connectivity index (χ3v) is 5.73. The van der Waals surface area contributed by atoms with Gasteiger partial charge >= 0.3 is 5.69 Å². The summed E-state index contributed by atoms with van der Waals surface area (Å²) in [7, 11) is 1.38. The second-order valence-electron chi connectivity index (χ2n) is 6.61. The predicted octanol–water partition coefficient (Wildman–Crippen LogP) is 1.89. The zero-order chi connectivity index (χ0) is 21.3. The number of fused-ring (bicyclic) bond motifs is 2. The molecular formula is C20H19N5O4S. The van der Waals surface area contributed by atoms with Crippen LogP contribution in [-0.2, 0) is 4.79 Å². The Balaban J connectivity index is 1.90. The van der Waals surface area contributed by atoms with Gasteiger partial charge in [0.25, 0.3) is 5.91 Å². The zero-order valence-corrected chi connectivity index (χ0v) is 17.2. The maximum atomic E-state index is 13.0. The van der Waals surface area contributed by atoms with Crippen LogP contribution in [0.1, 0.15) is 25.1 Å². The Hall–Kier alpha value is -3.40. The van der Waals surface area contributed by atoms with Crippen molar-refractivity contribution in [3.05, 3.63) is 68.7 Å². The quantitative estimate of drug-likeness (QED) is 0.579. The van der Waals surface area contributed by atoms with E-state index in [1.807, 2.05) is 31.2 Å². The second kappa shape index (κ2) is 8.15. The van der Waals surface area contributed by atoms with Crippen molar-refractivity contribution in [1.29, 1.82) is 0 Å². The van der Waals surface area contributed by atoms with Gasteiger partial charge in [-0.05, 0) is 18.6 Å². The average Bonchev–Trinajstić information content (AvgIpc) is 2.76. The minimum atomic E-state index is -0.720. The number of nitrogens with zero attached hydrogens (tertiary/aromatic N) is 4. The molecule has 10 heteroatoms. The molecule has 2 aliphatic rings. The maximum absolute atomic E-state index is 13.0. The van der Waals surface area contributed by atoms with E-state index in [1.165, 1.54) is 31.0 Å². The van der Waals surface area contributed by atoms with Crippen LogP contribution in [-0.4, -0.2) is 33.9 Å². The predicted molar refractivity (Wildman–Crippen MR) is 113 cm³/mol. The average molecular weight is 425 g/mol. The summed E-state index contributed by atoms with van der Waals surface area (Å²) < 4.78 is 5.10.